The Morgan fingerprint density at radius 1 is 1.26 bits per heavy atom. The molecule has 0 saturated carbocycles. The van der Waals surface area contributed by atoms with Gasteiger partial charge in [0, 0.05) is 12.0 Å². The largest absolute Gasteiger partial charge is 0.480 e. The maximum absolute atomic E-state index is 13.3. The molecule has 7 nitrogen and oxygen atoms in total. The molecule has 4 rings (SSSR count). The van der Waals surface area contributed by atoms with Gasteiger partial charge in [-0.2, -0.15) is 13.2 Å². The highest BCUT2D eigenvalue weighted by atomic mass is 35.5. The Bertz CT molecular complexity index is 1280. The molecule has 11 heteroatoms. The molecule has 2 heterocycles. The normalized spacial score (nSPS) is 17.6. The van der Waals surface area contributed by atoms with Crippen molar-refractivity contribution < 1.29 is 27.1 Å². The van der Waals surface area contributed by atoms with Gasteiger partial charge < -0.3 is 14.1 Å². The summed E-state index contributed by atoms with van der Waals surface area (Å²) in [4.78, 5) is 17.4. The van der Waals surface area contributed by atoms with Crippen molar-refractivity contribution in [1.82, 2.24) is 15.1 Å². The standard InChI is InChI=1S/C23H18ClF3N4O3/c1-22(2)12-31(11-18-29-30-20(34-18)14-6-4-5-7-16(14)24)21(32)19(22)33-13-8-9-17(28-3)15(10-13)23(25,26)27/h4-10,19H,11-12H2,1-2H3. The summed E-state index contributed by atoms with van der Waals surface area (Å²) >= 11 is 6.16. The number of ether oxygens (including phenoxy) is 1. The lowest BCUT2D eigenvalue weighted by molar-refractivity contribution is -0.137. The molecule has 3 aromatic rings. The highest BCUT2D eigenvalue weighted by molar-refractivity contribution is 6.33. The minimum atomic E-state index is -4.72. The summed E-state index contributed by atoms with van der Waals surface area (Å²) in [6.45, 7) is 10.8. The average molecular weight is 491 g/mol. The first-order valence-corrected chi connectivity index (χ1v) is 10.5. The Morgan fingerprint density at radius 2 is 2.00 bits per heavy atom. The van der Waals surface area contributed by atoms with Gasteiger partial charge in [0.25, 0.3) is 5.91 Å². The van der Waals surface area contributed by atoms with Crippen LogP contribution in [-0.2, 0) is 17.5 Å². The van der Waals surface area contributed by atoms with Crippen LogP contribution >= 0.6 is 11.6 Å². The molecule has 1 unspecified atom stereocenters. The van der Waals surface area contributed by atoms with E-state index in [1.165, 1.54) is 11.0 Å². The van der Waals surface area contributed by atoms with Gasteiger partial charge in [0.2, 0.25) is 11.8 Å². The molecule has 1 aromatic heterocycles. The monoisotopic (exact) mass is 490 g/mol. The fourth-order valence-electron chi connectivity index (χ4n) is 3.77. The van der Waals surface area contributed by atoms with Gasteiger partial charge in [-0.25, -0.2) is 4.85 Å². The number of likely N-dealkylation sites (tertiary alicyclic amines) is 1. The molecule has 0 bridgehead atoms. The van der Waals surface area contributed by atoms with Gasteiger partial charge in [0.05, 0.1) is 29.3 Å². The summed E-state index contributed by atoms with van der Waals surface area (Å²) < 4.78 is 51.3. The van der Waals surface area contributed by atoms with Gasteiger partial charge in [-0.1, -0.05) is 43.6 Å². The van der Waals surface area contributed by atoms with Gasteiger partial charge in [-0.05, 0) is 24.3 Å². The van der Waals surface area contributed by atoms with E-state index < -0.39 is 34.9 Å². The molecule has 1 amide bonds. The summed E-state index contributed by atoms with van der Waals surface area (Å²) in [5.41, 5.74) is -1.82. The van der Waals surface area contributed by atoms with Gasteiger partial charge in [0.15, 0.2) is 11.8 Å². The summed E-state index contributed by atoms with van der Waals surface area (Å²) in [6.07, 6.45) is -5.77. The summed E-state index contributed by atoms with van der Waals surface area (Å²) in [5, 5.41) is 8.41. The topological polar surface area (TPSA) is 72.8 Å². The fourth-order valence-corrected chi connectivity index (χ4v) is 3.99. The molecule has 176 valence electrons. The van der Waals surface area contributed by atoms with Crippen LogP contribution in [0.15, 0.2) is 46.9 Å². The van der Waals surface area contributed by atoms with E-state index in [0.29, 0.717) is 10.6 Å². The Kier molecular flexibility index (Phi) is 6.00. The van der Waals surface area contributed by atoms with Crippen molar-refractivity contribution in [3.63, 3.8) is 0 Å². The van der Waals surface area contributed by atoms with Crippen LogP contribution in [0.5, 0.6) is 5.75 Å². The van der Waals surface area contributed by atoms with Crippen molar-refractivity contribution >= 4 is 23.2 Å². The van der Waals surface area contributed by atoms with Crippen molar-refractivity contribution in [2.45, 2.75) is 32.7 Å². The predicted molar refractivity (Wildman–Crippen MR) is 116 cm³/mol. The van der Waals surface area contributed by atoms with E-state index in [1.54, 1.807) is 38.1 Å². The third-order valence-electron chi connectivity index (χ3n) is 5.39. The lowest BCUT2D eigenvalue weighted by atomic mass is 9.89. The maximum Gasteiger partial charge on any atom is 0.407 e. The van der Waals surface area contributed by atoms with Crippen LogP contribution in [0.4, 0.5) is 18.9 Å². The number of aromatic nitrogens is 2. The first-order valence-electron chi connectivity index (χ1n) is 10.1. The van der Waals surface area contributed by atoms with Gasteiger partial charge in [-0.3, -0.25) is 4.79 Å². The molecular formula is C23H18ClF3N4O3. The number of halogens is 4. The molecule has 0 spiro atoms. The number of benzene rings is 2. The van der Waals surface area contributed by atoms with E-state index in [4.69, 9.17) is 27.3 Å². The van der Waals surface area contributed by atoms with Gasteiger partial charge >= 0.3 is 6.18 Å². The number of amides is 1. The number of hydrogen-bond donors (Lipinski definition) is 0. The summed E-state index contributed by atoms with van der Waals surface area (Å²) in [6, 6.07) is 9.97. The molecule has 1 saturated heterocycles. The molecule has 2 aromatic carbocycles. The number of nitrogens with zero attached hydrogens (tertiary/aromatic N) is 4. The van der Waals surface area contributed by atoms with Crippen molar-refractivity contribution in [2.24, 2.45) is 5.41 Å². The zero-order valence-electron chi connectivity index (χ0n) is 18.1. The van der Waals surface area contributed by atoms with Crippen LogP contribution in [0.2, 0.25) is 5.02 Å². The first-order chi connectivity index (χ1) is 16.0. The Labute approximate surface area is 197 Å². The number of hydrogen-bond acceptors (Lipinski definition) is 5. The lowest BCUT2D eigenvalue weighted by Crippen LogP contribution is -2.36. The number of rotatable bonds is 5. The van der Waals surface area contributed by atoms with Crippen molar-refractivity contribution in [3.05, 3.63) is 70.4 Å². The van der Waals surface area contributed by atoms with Crippen molar-refractivity contribution in [3.8, 4) is 17.2 Å². The molecule has 0 radical (unpaired) electrons. The number of carbonyl (C=O) groups is 1. The Hall–Kier alpha value is -3.58. The van der Waals surface area contributed by atoms with E-state index in [-0.39, 0.29) is 30.6 Å². The molecule has 1 aliphatic rings. The second-order valence-corrected chi connectivity index (χ2v) is 8.86. The first kappa shape index (κ1) is 23.6. The average Bonchev–Trinajstić information content (AvgIpc) is 3.31. The van der Waals surface area contributed by atoms with E-state index in [2.05, 4.69) is 15.0 Å². The Balaban J connectivity index is 1.53. The third-order valence-corrected chi connectivity index (χ3v) is 5.72. The van der Waals surface area contributed by atoms with Crippen LogP contribution in [-0.4, -0.2) is 33.7 Å². The minimum Gasteiger partial charge on any atom is -0.480 e. The van der Waals surface area contributed by atoms with Crippen LogP contribution < -0.4 is 4.74 Å². The third kappa shape index (κ3) is 4.56. The van der Waals surface area contributed by atoms with Crippen molar-refractivity contribution in [2.75, 3.05) is 6.54 Å². The molecule has 1 atom stereocenters. The summed E-state index contributed by atoms with van der Waals surface area (Å²) in [7, 11) is 0. The van der Waals surface area contributed by atoms with Crippen LogP contribution in [0, 0.1) is 12.0 Å². The molecule has 0 N–H and O–H groups in total. The molecule has 34 heavy (non-hydrogen) atoms. The fraction of sp³-hybridized carbons (Fsp3) is 0.304. The molecule has 0 aliphatic carbocycles. The predicted octanol–water partition coefficient (Wildman–Crippen LogP) is 5.78. The maximum atomic E-state index is 13.3. The molecule has 1 aliphatic heterocycles. The number of carbonyl (C=O) groups excluding carboxylic acids is 1. The Morgan fingerprint density at radius 3 is 2.68 bits per heavy atom. The second-order valence-electron chi connectivity index (χ2n) is 8.45. The van der Waals surface area contributed by atoms with Gasteiger partial charge in [-0.15, -0.1) is 10.2 Å². The highest BCUT2D eigenvalue weighted by Crippen LogP contribution is 2.40. The van der Waals surface area contributed by atoms with Crippen molar-refractivity contribution in [1.29, 1.82) is 0 Å². The number of alkyl halides is 3. The quantitative estimate of drug-likeness (QED) is 0.424. The summed E-state index contributed by atoms with van der Waals surface area (Å²) in [5.74, 6) is -0.184. The van der Waals surface area contributed by atoms with E-state index in [1.807, 2.05) is 0 Å². The zero-order chi connectivity index (χ0) is 24.7. The van der Waals surface area contributed by atoms with Crippen LogP contribution in [0.3, 0.4) is 0 Å². The second kappa shape index (κ2) is 8.65. The van der Waals surface area contributed by atoms with E-state index >= 15 is 0 Å². The molecular weight excluding hydrogens is 473 g/mol. The van der Waals surface area contributed by atoms with Crippen LogP contribution in [0.1, 0.15) is 25.3 Å². The SMILES string of the molecule is [C-]#[N+]c1ccc(OC2C(=O)N(Cc3nnc(-c4ccccc4Cl)o3)CC2(C)C)cc1C(F)(F)F. The van der Waals surface area contributed by atoms with Crippen LogP contribution in [0.25, 0.3) is 16.3 Å². The minimum absolute atomic E-state index is 0.00401. The lowest BCUT2D eigenvalue weighted by Gasteiger charge is -2.24. The van der Waals surface area contributed by atoms with Gasteiger partial charge in [0.1, 0.15) is 5.75 Å². The van der Waals surface area contributed by atoms with E-state index in [0.717, 1.165) is 12.1 Å². The van der Waals surface area contributed by atoms with E-state index in [9.17, 15) is 18.0 Å². The highest BCUT2D eigenvalue weighted by Gasteiger charge is 2.48. The molecule has 1 fully saturated rings. The zero-order valence-corrected chi connectivity index (χ0v) is 18.8. The smallest absolute Gasteiger partial charge is 0.407 e.